The zero-order valence-corrected chi connectivity index (χ0v) is 13.1. The van der Waals surface area contributed by atoms with Gasteiger partial charge >= 0.3 is 0 Å². The fourth-order valence-electron chi connectivity index (χ4n) is 3.30. The zero-order valence-electron chi connectivity index (χ0n) is 13.1. The van der Waals surface area contributed by atoms with E-state index in [1.165, 1.54) is 18.4 Å². The summed E-state index contributed by atoms with van der Waals surface area (Å²) in [6.45, 7) is 7.14. The van der Waals surface area contributed by atoms with Crippen molar-refractivity contribution >= 4 is 0 Å². The third kappa shape index (κ3) is 3.33. The summed E-state index contributed by atoms with van der Waals surface area (Å²) in [5.74, 6) is 2.51. The lowest BCUT2D eigenvalue weighted by Gasteiger charge is -2.35. The first-order valence-corrected chi connectivity index (χ1v) is 8.09. The second kappa shape index (κ2) is 6.67. The third-order valence-corrected chi connectivity index (χ3v) is 4.44. The maximum atomic E-state index is 5.75. The molecule has 4 nitrogen and oxygen atoms in total. The Hall–Kier alpha value is -1.26. The molecule has 21 heavy (non-hydrogen) atoms. The Morgan fingerprint density at radius 2 is 2.00 bits per heavy atom. The fraction of sp³-hybridized carbons (Fsp3) is 0.647. The number of ether oxygens (including phenoxy) is 2. The predicted octanol–water partition coefficient (Wildman–Crippen LogP) is 2.45. The van der Waals surface area contributed by atoms with Crippen LogP contribution >= 0.6 is 0 Å². The number of nitrogens with zero attached hydrogens (tertiary/aromatic N) is 1. The van der Waals surface area contributed by atoms with Gasteiger partial charge < -0.3 is 14.8 Å². The van der Waals surface area contributed by atoms with Gasteiger partial charge in [-0.25, -0.2) is 0 Å². The van der Waals surface area contributed by atoms with Crippen molar-refractivity contribution in [2.24, 2.45) is 5.92 Å². The molecule has 1 N–H and O–H groups in total. The van der Waals surface area contributed by atoms with Crippen LogP contribution in [0, 0.1) is 5.92 Å². The summed E-state index contributed by atoms with van der Waals surface area (Å²) in [6.07, 6.45) is 2.70. The SMILES string of the molecule is CCOc1cc([C@H](C2CC2)N2CCNCC2)ccc1OC. The van der Waals surface area contributed by atoms with Gasteiger partial charge in [0.2, 0.25) is 0 Å². The molecule has 0 aromatic heterocycles. The zero-order chi connectivity index (χ0) is 14.7. The summed E-state index contributed by atoms with van der Waals surface area (Å²) in [5, 5.41) is 3.44. The van der Waals surface area contributed by atoms with Crippen molar-refractivity contribution in [2.45, 2.75) is 25.8 Å². The van der Waals surface area contributed by atoms with Crippen molar-refractivity contribution in [3.63, 3.8) is 0 Å². The van der Waals surface area contributed by atoms with Crippen LogP contribution in [0.5, 0.6) is 11.5 Å². The second-order valence-electron chi connectivity index (χ2n) is 5.91. The predicted molar refractivity (Wildman–Crippen MR) is 84.1 cm³/mol. The summed E-state index contributed by atoms with van der Waals surface area (Å²) in [5.41, 5.74) is 1.38. The molecule has 0 spiro atoms. The minimum absolute atomic E-state index is 0.539. The van der Waals surface area contributed by atoms with Gasteiger partial charge in [0.05, 0.1) is 13.7 Å². The van der Waals surface area contributed by atoms with Crippen molar-refractivity contribution in [1.29, 1.82) is 0 Å². The van der Waals surface area contributed by atoms with Crippen molar-refractivity contribution < 1.29 is 9.47 Å². The van der Waals surface area contributed by atoms with Gasteiger partial charge in [-0.2, -0.15) is 0 Å². The van der Waals surface area contributed by atoms with Gasteiger partial charge in [-0.05, 0) is 43.4 Å². The molecule has 1 atom stereocenters. The molecule has 1 saturated carbocycles. The highest BCUT2D eigenvalue weighted by Gasteiger charge is 2.37. The first kappa shape index (κ1) is 14.7. The lowest BCUT2D eigenvalue weighted by molar-refractivity contribution is 0.155. The molecule has 0 radical (unpaired) electrons. The van der Waals surface area contributed by atoms with Crippen LogP contribution in [0.1, 0.15) is 31.4 Å². The number of rotatable bonds is 6. The molecule has 0 unspecified atom stereocenters. The van der Waals surface area contributed by atoms with Crippen LogP contribution in [0.15, 0.2) is 18.2 Å². The topological polar surface area (TPSA) is 33.7 Å². The van der Waals surface area contributed by atoms with Crippen LogP contribution in [0.3, 0.4) is 0 Å². The van der Waals surface area contributed by atoms with E-state index in [4.69, 9.17) is 9.47 Å². The normalized spacial score (nSPS) is 21.0. The lowest BCUT2D eigenvalue weighted by atomic mass is 9.99. The fourth-order valence-corrected chi connectivity index (χ4v) is 3.30. The Kier molecular flexibility index (Phi) is 4.66. The van der Waals surface area contributed by atoms with E-state index in [1.807, 2.05) is 6.92 Å². The molecule has 3 rings (SSSR count). The van der Waals surface area contributed by atoms with E-state index in [2.05, 4.69) is 28.4 Å². The van der Waals surface area contributed by atoms with Crippen molar-refractivity contribution in [2.75, 3.05) is 39.9 Å². The molecule has 0 amide bonds. The minimum Gasteiger partial charge on any atom is -0.493 e. The molecule has 1 aromatic rings. The van der Waals surface area contributed by atoms with Gasteiger partial charge in [0.1, 0.15) is 0 Å². The van der Waals surface area contributed by atoms with E-state index in [1.54, 1.807) is 7.11 Å². The summed E-state index contributed by atoms with van der Waals surface area (Å²) in [7, 11) is 1.70. The molecule has 2 fully saturated rings. The molecule has 1 aromatic carbocycles. The summed E-state index contributed by atoms with van der Waals surface area (Å²) < 4.78 is 11.2. The maximum absolute atomic E-state index is 5.75. The Balaban J connectivity index is 1.86. The molecule has 116 valence electrons. The number of benzene rings is 1. The molecule has 1 aliphatic carbocycles. The van der Waals surface area contributed by atoms with E-state index in [9.17, 15) is 0 Å². The summed E-state index contributed by atoms with van der Waals surface area (Å²) in [6, 6.07) is 7.00. The van der Waals surface area contributed by atoms with Crippen LogP contribution in [-0.2, 0) is 0 Å². The smallest absolute Gasteiger partial charge is 0.161 e. The van der Waals surface area contributed by atoms with Gasteiger partial charge in [0.25, 0.3) is 0 Å². The van der Waals surface area contributed by atoms with Crippen molar-refractivity contribution in [1.82, 2.24) is 10.2 Å². The summed E-state index contributed by atoms with van der Waals surface area (Å²) >= 11 is 0. The molecule has 4 heteroatoms. The van der Waals surface area contributed by atoms with Gasteiger partial charge in [-0.1, -0.05) is 6.07 Å². The lowest BCUT2D eigenvalue weighted by Crippen LogP contribution is -2.45. The molecular formula is C17H26N2O2. The average Bonchev–Trinajstić information content (AvgIpc) is 3.34. The van der Waals surface area contributed by atoms with Gasteiger partial charge in [0, 0.05) is 32.2 Å². The largest absolute Gasteiger partial charge is 0.493 e. The molecule has 0 bridgehead atoms. The Morgan fingerprint density at radius 3 is 2.62 bits per heavy atom. The summed E-state index contributed by atoms with van der Waals surface area (Å²) in [4.78, 5) is 2.63. The molecular weight excluding hydrogens is 264 g/mol. The number of hydrogen-bond acceptors (Lipinski definition) is 4. The second-order valence-corrected chi connectivity index (χ2v) is 5.91. The highest BCUT2D eigenvalue weighted by Crippen LogP contribution is 2.46. The number of hydrogen-bond donors (Lipinski definition) is 1. The van der Waals surface area contributed by atoms with Crippen LogP contribution < -0.4 is 14.8 Å². The van der Waals surface area contributed by atoms with Gasteiger partial charge in [-0.15, -0.1) is 0 Å². The Morgan fingerprint density at radius 1 is 1.24 bits per heavy atom. The third-order valence-electron chi connectivity index (χ3n) is 4.44. The standard InChI is InChI=1S/C17H26N2O2/c1-3-21-16-12-14(6-7-15(16)20-2)17(13-4-5-13)19-10-8-18-9-11-19/h6-7,12-13,17-18H,3-5,8-11H2,1-2H3/t17-/m0/s1. The monoisotopic (exact) mass is 290 g/mol. The minimum atomic E-state index is 0.539. The highest BCUT2D eigenvalue weighted by molar-refractivity contribution is 5.44. The van der Waals surface area contributed by atoms with E-state index in [0.717, 1.165) is 43.6 Å². The van der Waals surface area contributed by atoms with Crippen LogP contribution in [0.2, 0.25) is 0 Å². The van der Waals surface area contributed by atoms with Gasteiger partial charge in [0.15, 0.2) is 11.5 Å². The van der Waals surface area contributed by atoms with E-state index >= 15 is 0 Å². The van der Waals surface area contributed by atoms with Crippen LogP contribution in [-0.4, -0.2) is 44.8 Å². The van der Waals surface area contributed by atoms with E-state index in [-0.39, 0.29) is 0 Å². The van der Waals surface area contributed by atoms with Gasteiger partial charge in [-0.3, -0.25) is 4.90 Å². The van der Waals surface area contributed by atoms with E-state index < -0.39 is 0 Å². The average molecular weight is 290 g/mol. The number of methoxy groups -OCH3 is 1. The van der Waals surface area contributed by atoms with Crippen LogP contribution in [0.4, 0.5) is 0 Å². The van der Waals surface area contributed by atoms with Crippen molar-refractivity contribution in [3.8, 4) is 11.5 Å². The molecule has 1 aliphatic heterocycles. The first-order chi connectivity index (χ1) is 10.3. The molecule has 1 heterocycles. The van der Waals surface area contributed by atoms with Crippen molar-refractivity contribution in [3.05, 3.63) is 23.8 Å². The number of piperazine rings is 1. The van der Waals surface area contributed by atoms with E-state index in [0.29, 0.717) is 12.6 Å². The maximum Gasteiger partial charge on any atom is 0.161 e. The Bertz CT molecular complexity index is 468. The molecule has 2 aliphatic rings. The number of nitrogens with one attached hydrogen (secondary N) is 1. The first-order valence-electron chi connectivity index (χ1n) is 8.09. The quantitative estimate of drug-likeness (QED) is 0.872. The van der Waals surface area contributed by atoms with Crippen LogP contribution in [0.25, 0.3) is 0 Å². The Labute approximate surface area is 127 Å². The molecule has 1 saturated heterocycles. The highest BCUT2D eigenvalue weighted by atomic mass is 16.5.